The zero-order chi connectivity index (χ0) is 16.4. The first-order valence-corrected chi connectivity index (χ1v) is 9.34. The molecule has 0 amide bonds. The van der Waals surface area contributed by atoms with Crippen molar-refractivity contribution in [2.45, 2.75) is 25.8 Å². The molecular weight excluding hydrogens is 320 g/mol. The molecule has 0 bridgehead atoms. The van der Waals surface area contributed by atoms with Gasteiger partial charge in [0.25, 0.3) is 0 Å². The molecular formula is C18H22N4OS. The van der Waals surface area contributed by atoms with E-state index in [0.29, 0.717) is 5.92 Å². The van der Waals surface area contributed by atoms with E-state index in [0.717, 1.165) is 42.4 Å². The number of aryl methyl sites for hydroxylation is 1. The summed E-state index contributed by atoms with van der Waals surface area (Å²) in [6.07, 6.45) is 7.49. The first kappa shape index (κ1) is 15.6. The summed E-state index contributed by atoms with van der Waals surface area (Å²) in [5.74, 6) is 2.73. The van der Waals surface area contributed by atoms with Gasteiger partial charge in [-0.1, -0.05) is 11.2 Å². The highest BCUT2D eigenvalue weighted by Crippen LogP contribution is 2.26. The zero-order valence-corrected chi connectivity index (χ0v) is 14.7. The molecule has 0 aliphatic carbocycles. The maximum absolute atomic E-state index is 5.50. The Morgan fingerprint density at radius 2 is 2.38 bits per heavy atom. The number of thiophene rings is 1. The van der Waals surface area contributed by atoms with Crippen molar-refractivity contribution in [3.63, 3.8) is 0 Å². The van der Waals surface area contributed by atoms with E-state index in [-0.39, 0.29) is 0 Å². The average molecular weight is 342 g/mol. The van der Waals surface area contributed by atoms with Gasteiger partial charge in [-0.05, 0) is 36.8 Å². The molecule has 0 spiro atoms. The van der Waals surface area contributed by atoms with Gasteiger partial charge in [0.05, 0.1) is 10.6 Å². The molecule has 3 aromatic heterocycles. The van der Waals surface area contributed by atoms with Crippen molar-refractivity contribution in [1.29, 1.82) is 0 Å². The van der Waals surface area contributed by atoms with Crippen molar-refractivity contribution in [3.8, 4) is 10.6 Å². The predicted molar refractivity (Wildman–Crippen MR) is 94.7 cm³/mol. The van der Waals surface area contributed by atoms with Crippen LogP contribution < -0.4 is 0 Å². The topological polar surface area (TPSA) is 47.1 Å². The lowest BCUT2D eigenvalue weighted by molar-refractivity contribution is 0.162. The van der Waals surface area contributed by atoms with Crippen LogP contribution >= 0.6 is 11.3 Å². The SMILES string of the molecule is Cn1ccnc1CC1CCCN(Cc2cc(-c3cccs3)on2)C1. The lowest BCUT2D eigenvalue weighted by Gasteiger charge is -2.32. The third-order valence-corrected chi connectivity index (χ3v) is 5.59. The minimum atomic E-state index is 0.670. The highest BCUT2D eigenvalue weighted by Gasteiger charge is 2.22. The van der Waals surface area contributed by atoms with Gasteiger partial charge in [0, 0.05) is 45.0 Å². The van der Waals surface area contributed by atoms with Gasteiger partial charge in [-0.15, -0.1) is 11.3 Å². The number of aromatic nitrogens is 3. The van der Waals surface area contributed by atoms with Crippen molar-refractivity contribution >= 4 is 11.3 Å². The molecule has 0 saturated carbocycles. The molecule has 3 aromatic rings. The standard InChI is InChI=1S/C18H22N4OS/c1-21-8-6-19-18(21)10-14-4-2-7-22(12-14)13-15-11-16(23-20-15)17-5-3-9-24-17/h3,5-6,8-9,11,14H,2,4,7,10,12-13H2,1H3. The second-order valence-corrected chi connectivity index (χ2v) is 7.51. The normalized spacial score (nSPS) is 19.0. The van der Waals surface area contributed by atoms with Crippen LogP contribution in [0.15, 0.2) is 40.5 Å². The van der Waals surface area contributed by atoms with Crippen LogP contribution in [0.4, 0.5) is 0 Å². The molecule has 0 radical (unpaired) electrons. The highest BCUT2D eigenvalue weighted by atomic mass is 32.1. The Labute approximate surface area is 145 Å². The van der Waals surface area contributed by atoms with Crippen molar-refractivity contribution in [2.24, 2.45) is 13.0 Å². The van der Waals surface area contributed by atoms with E-state index >= 15 is 0 Å². The number of likely N-dealkylation sites (tertiary alicyclic amines) is 1. The van der Waals surface area contributed by atoms with Gasteiger partial charge in [0.1, 0.15) is 5.82 Å². The summed E-state index contributed by atoms with van der Waals surface area (Å²) in [6, 6.07) is 6.18. The van der Waals surface area contributed by atoms with Crippen LogP contribution in [-0.4, -0.2) is 32.7 Å². The predicted octanol–water partition coefficient (Wildman–Crippen LogP) is 3.59. The van der Waals surface area contributed by atoms with Gasteiger partial charge in [-0.3, -0.25) is 4.90 Å². The van der Waals surface area contributed by atoms with Crippen LogP contribution in [-0.2, 0) is 20.0 Å². The number of piperidine rings is 1. The van der Waals surface area contributed by atoms with E-state index in [4.69, 9.17) is 4.52 Å². The summed E-state index contributed by atoms with van der Waals surface area (Å²) in [5.41, 5.74) is 1.02. The first-order chi connectivity index (χ1) is 11.8. The quantitative estimate of drug-likeness (QED) is 0.711. The van der Waals surface area contributed by atoms with Gasteiger partial charge in [-0.25, -0.2) is 4.98 Å². The fraction of sp³-hybridized carbons (Fsp3) is 0.444. The van der Waals surface area contributed by atoms with E-state index < -0.39 is 0 Å². The van der Waals surface area contributed by atoms with Crippen molar-refractivity contribution in [1.82, 2.24) is 19.6 Å². The number of hydrogen-bond donors (Lipinski definition) is 0. The molecule has 1 aliphatic rings. The molecule has 6 heteroatoms. The molecule has 1 saturated heterocycles. The Morgan fingerprint density at radius 1 is 1.42 bits per heavy atom. The molecule has 5 nitrogen and oxygen atoms in total. The molecule has 24 heavy (non-hydrogen) atoms. The van der Waals surface area contributed by atoms with Crippen LogP contribution in [0.3, 0.4) is 0 Å². The van der Waals surface area contributed by atoms with Gasteiger partial charge >= 0.3 is 0 Å². The third-order valence-electron chi connectivity index (χ3n) is 4.70. The molecule has 1 atom stereocenters. The van der Waals surface area contributed by atoms with E-state index in [2.05, 4.69) is 44.2 Å². The van der Waals surface area contributed by atoms with Gasteiger partial charge in [-0.2, -0.15) is 0 Å². The van der Waals surface area contributed by atoms with Crippen molar-refractivity contribution in [3.05, 3.63) is 47.5 Å². The summed E-state index contributed by atoms with van der Waals surface area (Å²) in [6.45, 7) is 3.11. The van der Waals surface area contributed by atoms with Crippen molar-refractivity contribution in [2.75, 3.05) is 13.1 Å². The lowest BCUT2D eigenvalue weighted by Crippen LogP contribution is -2.36. The van der Waals surface area contributed by atoms with Gasteiger partial charge in [0.15, 0.2) is 5.76 Å². The number of imidazole rings is 1. The summed E-state index contributed by atoms with van der Waals surface area (Å²) < 4.78 is 7.63. The van der Waals surface area contributed by atoms with E-state index in [1.165, 1.54) is 18.7 Å². The second-order valence-electron chi connectivity index (χ2n) is 6.56. The van der Waals surface area contributed by atoms with E-state index in [1.54, 1.807) is 11.3 Å². The Hall–Kier alpha value is -1.92. The Balaban J connectivity index is 1.37. The molecule has 126 valence electrons. The fourth-order valence-corrected chi connectivity index (χ4v) is 4.14. The van der Waals surface area contributed by atoms with Crippen LogP contribution in [0.2, 0.25) is 0 Å². The summed E-state index contributed by atoms with van der Waals surface area (Å²) >= 11 is 1.68. The maximum atomic E-state index is 5.50. The largest absolute Gasteiger partial charge is 0.355 e. The van der Waals surface area contributed by atoms with E-state index in [1.807, 2.05) is 18.5 Å². The molecule has 0 N–H and O–H groups in total. The zero-order valence-electron chi connectivity index (χ0n) is 13.9. The molecule has 1 aliphatic heterocycles. The molecule has 4 heterocycles. The van der Waals surface area contributed by atoms with Gasteiger partial charge in [0.2, 0.25) is 0 Å². The second kappa shape index (κ2) is 6.91. The molecule has 4 rings (SSSR count). The number of rotatable bonds is 5. The monoisotopic (exact) mass is 342 g/mol. The van der Waals surface area contributed by atoms with Crippen LogP contribution in [0.25, 0.3) is 10.6 Å². The minimum absolute atomic E-state index is 0.670. The van der Waals surface area contributed by atoms with Crippen LogP contribution in [0.1, 0.15) is 24.4 Å². The Bertz CT molecular complexity index is 777. The number of nitrogens with zero attached hydrogens (tertiary/aromatic N) is 4. The maximum Gasteiger partial charge on any atom is 0.177 e. The van der Waals surface area contributed by atoms with Crippen molar-refractivity contribution < 1.29 is 4.52 Å². The Kier molecular flexibility index (Phi) is 4.49. The molecule has 1 unspecified atom stereocenters. The first-order valence-electron chi connectivity index (χ1n) is 8.46. The molecule has 1 fully saturated rings. The van der Waals surface area contributed by atoms with Crippen LogP contribution in [0, 0.1) is 5.92 Å². The fourth-order valence-electron chi connectivity index (χ4n) is 3.46. The third kappa shape index (κ3) is 3.44. The lowest BCUT2D eigenvalue weighted by atomic mass is 9.94. The van der Waals surface area contributed by atoms with Crippen LogP contribution in [0.5, 0.6) is 0 Å². The minimum Gasteiger partial charge on any atom is -0.355 e. The summed E-state index contributed by atoms with van der Waals surface area (Å²) in [5, 5.41) is 6.31. The summed E-state index contributed by atoms with van der Waals surface area (Å²) in [7, 11) is 2.07. The smallest absolute Gasteiger partial charge is 0.177 e. The molecule has 0 aromatic carbocycles. The van der Waals surface area contributed by atoms with E-state index in [9.17, 15) is 0 Å². The Morgan fingerprint density at radius 3 is 3.17 bits per heavy atom. The summed E-state index contributed by atoms with van der Waals surface area (Å²) in [4.78, 5) is 8.10. The average Bonchev–Trinajstić information content (AvgIpc) is 3.31. The highest BCUT2D eigenvalue weighted by molar-refractivity contribution is 7.13. The van der Waals surface area contributed by atoms with Gasteiger partial charge < -0.3 is 9.09 Å². The number of hydrogen-bond acceptors (Lipinski definition) is 5.